The van der Waals surface area contributed by atoms with Gasteiger partial charge in [0.2, 0.25) is 5.91 Å². The van der Waals surface area contributed by atoms with Crippen LogP contribution in [0, 0.1) is 12.8 Å². The Morgan fingerprint density at radius 3 is 2.70 bits per heavy atom. The van der Waals surface area contributed by atoms with Crippen LogP contribution in [-0.4, -0.2) is 23.6 Å². The third-order valence-electron chi connectivity index (χ3n) is 3.97. The summed E-state index contributed by atoms with van der Waals surface area (Å²) in [7, 11) is 0. The third-order valence-corrected chi connectivity index (χ3v) is 3.97. The van der Waals surface area contributed by atoms with E-state index in [0.717, 1.165) is 30.6 Å². The fraction of sp³-hybridized carbons (Fsp3) is 0.647. The van der Waals surface area contributed by atoms with Crippen molar-refractivity contribution in [1.82, 2.24) is 10.6 Å². The molecular weight excluding hydrogens is 296 g/mol. The Morgan fingerprint density at radius 2 is 2.09 bits per heavy atom. The first-order chi connectivity index (χ1) is 10.8. The van der Waals surface area contributed by atoms with E-state index in [-0.39, 0.29) is 17.9 Å². The van der Waals surface area contributed by atoms with E-state index in [1.807, 2.05) is 33.8 Å². The van der Waals surface area contributed by atoms with Gasteiger partial charge >= 0.3 is 6.09 Å². The van der Waals surface area contributed by atoms with E-state index in [4.69, 9.17) is 9.15 Å². The molecule has 1 aromatic rings. The van der Waals surface area contributed by atoms with Gasteiger partial charge in [0.15, 0.2) is 0 Å². The first-order valence-corrected chi connectivity index (χ1v) is 8.06. The average molecular weight is 322 g/mol. The molecular formula is C17H26N2O4. The molecule has 1 heterocycles. The second-order valence-electron chi connectivity index (χ2n) is 7.01. The predicted molar refractivity (Wildman–Crippen MR) is 85.8 cm³/mol. The molecule has 1 aliphatic rings. The summed E-state index contributed by atoms with van der Waals surface area (Å²) in [6, 6.07) is 1.68. The molecule has 0 unspecified atom stereocenters. The number of carbonyl (C=O) groups excluding carboxylic acids is 2. The number of nitrogens with one attached hydrogen (secondary N) is 2. The molecule has 2 N–H and O–H groups in total. The number of aryl methyl sites for hydroxylation is 1. The number of amides is 2. The number of hydrogen-bond donors (Lipinski definition) is 2. The van der Waals surface area contributed by atoms with Gasteiger partial charge < -0.3 is 19.8 Å². The van der Waals surface area contributed by atoms with Crippen molar-refractivity contribution < 1.29 is 18.7 Å². The minimum absolute atomic E-state index is 0.0378. The standard InChI is InChI=1S/C17H26N2O4/c1-11-12(8-9-22-11)10-18-15(20)13-6-5-7-14(13)19-16(21)23-17(2,3)4/h8-9,13-14H,5-7,10H2,1-4H3,(H,18,20)(H,19,21)/t13-,14-/m0/s1. The maximum Gasteiger partial charge on any atom is 0.407 e. The molecule has 6 heteroatoms. The second kappa shape index (κ2) is 7.06. The highest BCUT2D eigenvalue weighted by Crippen LogP contribution is 2.26. The summed E-state index contributed by atoms with van der Waals surface area (Å²) >= 11 is 0. The first-order valence-electron chi connectivity index (χ1n) is 8.06. The molecule has 128 valence electrons. The summed E-state index contributed by atoms with van der Waals surface area (Å²) in [5.74, 6) is 0.555. The molecule has 1 fully saturated rings. The first kappa shape index (κ1) is 17.4. The van der Waals surface area contributed by atoms with Crippen molar-refractivity contribution in [2.45, 2.75) is 65.1 Å². The Bertz CT molecular complexity index is 559. The lowest BCUT2D eigenvalue weighted by Gasteiger charge is -2.24. The summed E-state index contributed by atoms with van der Waals surface area (Å²) in [5.41, 5.74) is 0.423. The Hall–Kier alpha value is -1.98. The number of hydrogen-bond acceptors (Lipinski definition) is 4. The molecule has 23 heavy (non-hydrogen) atoms. The third kappa shape index (κ3) is 5.01. The topological polar surface area (TPSA) is 80.6 Å². The summed E-state index contributed by atoms with van der Waals surface area (Å²) in [6.45, 7) is 7.76. The van der Waals surface area contributed by atoms with Gasteiger partial charge in [0.05, 0.1) is 12.2 Å². The van der Waals surface area contributed by atoms with Gasteiger partial charge in [-0.05, 0) is 46.6 Å². The van der Waals surface area contributed by atoms with Gasteiger partial charge in [0, 0.05) is 18.2 Å². The molecule has 0 aliphatic heterocycles. The van der Waals surface area contributed by atoms with Gasteiger partial charge in [-0.25, -0.2) is 4.79 Å². The molecule has 2 rings (SSSR count). The maximum absolute atomic E-state index is 12.4. The number of ether oxygens (including phenoxy) is 1. The Balaban J connectivity index is 1.86. The van der Waals surface area contributed by atoms with Crippen molar-refractivity contribution in [2.24, 2.45) is 5.92 Å². The van der Waals surface area contributed by atoms with Crippen molar-refractivity contribution in [3.8, 4) is 0 Å². The highest BCUT2D eigenvalue weighted by Gasteiger charge is 2.34. The Kier molecular flexibility index (Phi) is 5.34. The summed E-state index contributed by atoms with van der Waals surface area (Å²) in [5, 5.41) is 5.76. The molecule has 0 spiro atoms. The molecule has 0 radical (unpaired) electrons. The number of carbonyl (C=O) groups is 2. The van der Waals surface area contributed by atoms with Gasteiger partial charge in [0.25, 0.3) is 0 Å². The van der Waals surface area contributed by atoms with Crippen molar-refractivity contribution in [2.75, 3.05) is 0 Å². The lowest BCUT2D eigenvalue weighted by atomic mass is 10.0. The van der Waals surface area contributed by atoms with Crippen LogP contribution in [0.2, 0.25) is 0 Å². The molecule has 1 aromatic heterocycles. The lowest BCUT2D eigenvalue weighted by Crippen LogP contribution is -2.45. The fourth-order valence-electron chi connectivity index (χ4n) is 2.81. The van der Waals surface area contributed by atoms with Crippen molar-refractivity contribution in [3.63, 3.8) is 0 Å². The van der Waals surface area contributed by atoms with Crippen molar-refractivity contribution in [1.29, 1.82) is 0 Å². The Labute approximate surface area is 137 Å². The largest absolute Gasteiger partial charge is 0.469 e. The Morgan fingerprint density at radius 1 is 1.35 bits per heavy atom. The number of alkyl carbamates (subject to hydrolysis) is 1. The molecule has 2 atom stereocenters. The quantitative estimate of drug-likeness (QED) is 0.893. The molecule has 0 saturated heterocycles. The van der Waals surface area contributed by atoms with Gasteiger partial charge in [-0.15, -0.1) is 0 Å². The molecule has 1 aliphatic carbocycles. The van der Waals surface area contributed by atoms with Crippen LogP contribution in [0.25, 0.3) is 0 Å². The van der Waals surface area contributed by atoms with Crippen LogP contribution in [0.3, 0.4) is 0 Å². The van der Waals surface area contributed by atoms with Crippen LogP contribution >= 0.6 is 0 Å². The van der Waals surface area contributed by atoms with Crippen LogP contribution in [0.5, 0.6) is 0 Å². The van der Waals surface area contributed by atoms with Gasteiger partial charge in [-0.1, -0.05) is 6.42 Å². The van der Waals surface area contributed by atoms with Crippen LogP contribution in [-0.2, 0) is 16.1 Å². The molecule has 0 aromatic carbocycles. The van der Waals surface area contributed by atoms with E-state index in [0.29, 0.717) is 6.54 Å². The van der Waals surface area contributed by atoms with Crippen LogP contribution in [0.1, 0.15) is 51.4 Å². The van der Waals surface area contributed by atoms with Gasteiger partial charge in [-0.3, -0.25) is 4.79 Å². The predicted octanol–water partition coefficient (Wildman–Crippen LogP) is 2.90. The zero-order valence-corrected chi connectivity index (χ0v) is 14.3. The normalized spacial score (nSPS) is 21.0. The molecule has 6 nitrogen and oxygen atoms in total. The fourth-order valence-corrected chi connectivity index (χ4v) is 2.81. The minimum Gasteiger partial charge on any atom is -0.469 e. The monoisotopic (exact) mass is 322 g/mol. The van der Waals surface area contributed by atoms with E-state index in [1.54, 1.807) is 6.26 Å². The van der Waals surface area contributed by atoms with E-state index in [2.05, 4.69) is 10.6 Å². The van der Waals surface area contributed by atoms with E-state index < -0.39 is 11.7 Å². The minimum atomic E-state index is -0.542. The maximum atomic E-state index is 12.4. The second-order valence-corrected chi connectivity index (χ2v) is 7.01. The van der Waals surface area contributed by atoms with Gasteiger partial charge in [-0.2, -0.15) is 0 Å². The van der Waals surface area contributed by atoms with Crippen molar-refractivity contribution >= 4 is 12.0 Å². The molecule has 0 bridgehead atoms. The number of furan rings is 1. The van der Waals surface area contributed by atoms with Crippen LogP contribution < -0.4 is 10.6 Å². The van der Waals surface area contributed by atoms with Gasteiger partial charge in [0.1, 0.15) is 11.4 Å². The molecule has 1 saturated carbocycles. The highest BCUT2D eigenvalue weighted by atomic mass is 16.6. The summed E-state index contributed by atoms with van der Waals surface area (Å²) < 4.78 is 10.5. The zero-order chi connectivity index (χ0) is 17.0. The van der Waals surface area contributed by atoms with Crippen molar-refractivity contribution in [3.05, 3.63) is 23.7 Å². The van der Waals surface area contributed by atoms with E-state index >= 15 is 0 Å². The summed E-state index contributed by atoms with van der Waals surface area (Å²) in [6.07, 6.45) is 3.63. The SMILES string of the molecule is Cc1occc1CNC(=O)[C@H]1CCC[C@@H]1NC(=O)OC(C)(C)C. The number of rotatable bonds is 4. The lowest BCUT2D eigenvalue weighted by molar-refractivity contribution is -0.125. The molecule has 2 amide bonds. The van der Waals surface area contributed by atoms with E-state index in [1.165, 1.54) is 0 Å². The summed E-state index contributed by atoms with van der Waals surface area (Å²) in [4.78, 5) is 24.3. The smallest absolute Gasteiger partial charge is 0.407 e. The average Bonchev–Trinajstić information content (AvgIpc) is 3.03. The zero-order valence-electron chi connectivity index (χ0n) is 14.3. The van der Waals surface area contributed by atoms with Crippen LogP contribution in [0.4, 0.5) is 4.79 Å². The van der Waals surface area contributed by atoms with E-state index in [9.17, 15) is 9.59 Å². The van der Waals surface area contributed by atoms with Crippen LogP contribution in [0.15, 0.2) is 16.7 Å². The highest BCUT2D eigenvalue weighted by molar-refractivity contribution is 5.80.